The number of morpholine rings is 1. The molecule has 5 nitrogen and oxygen atoms in total. The highest BCUT2D eigenvalue weighted by Gasteiger charge is 2.25. The van der Waals surface area contributed by atoms with Crippen molar-refractivity contribution in [2.75, 3.05) is 32.8 Å². The van der Waals surface area contributed by atoms with Gasteiger partial charge in [0.1, 0.15) is 5.76 Å². The van der Waals surface area contributed by atoms with Crippen molar-refractivity contribution in [3.05, 3.63) is 58.5 Å². The third-order valence-electron chi connectivity index (χ3n) is 3.93. The van der Waals surface area contributed by atoms with E-state index in [1.165, 1.54) is 0 Å². The first-order valence-electron chi connectivity index (χ1n) is 7.63. The normalized spacial score (nSPS) is 16.9. The SMILES string of the molecule is O=C(NC[C@H](c1ccco1)N1CCOCC1)c1ccccc1Br. The number of hydrogen-bond acceptors (Lipinski definition) is 4. The minimum Gasteiger partial charge on any atom is -0.468 e. The Morgan fingerprint density at radius 2 is 2.00 bits per heavy atom. The van der Waals surface area contributed by atoms with Crippen molar-refractivity contribution in [2.24, 2.45) is 0 Å². The lowest BCUT2D eigenvalue weighted by atomic mass is 10.1. The van der Waals surface area contributed by atoms with Crippen molar-refractivity contribution in [1.82, 2.24) is 10.2 Å². The molecule has 1 amide bonds. The van der Waals surface area contributed by atoms with Gasteiger partial charge in [0, 0.05) is 24.1 Å². The van der Waals surface area contributed by atoms with Crippen LogP contribution < -0.4 is 5.32 Å². The average molecular weight is 379 g/mol. The molecule has 1 aromatic carbocycles. The van der Waals surface area contributed by atoms with Gasteiger partial charge in [-0.25, -0.2) is 0 Å². The third kappa shape index (κ3) is 4.02. The molecule has 1 N–H and O–H groups in total. The highest BCUT2D eigenvalue weighted by molar-refractivity contribution is 9.10. The van der Waals surface area contributed by atoms with E-state index in [0.29, 0.717) is 25.3 Å². The fourth-order valence-corrected chi connectivity index (χ4v) is 3.17. The van der Waals surface area contributed by atoms with Gasteiger partial charge in [-0.15, -0.1) is 0 Å². The zero-order valence-electron chi connectivity index (χ0n) is 12.7. The second kappa shape index (κ2) is 7.77. The number of ether oxygens (including phenoxy) is 1. The van der Waals surface area contributed by atoms with Crippen molar-refractivity contribution in [1.29, 1.82) is 0 Å². The van der Waals surface area contributed by atoms with Crippen molar-refractivity contribution in [3.63, 3.8) is 0 Å². The molecular formula is C17H19BrN2O3. The number of furan rings is 1. The first kappa shape index (κ1) is 16.2. The number of nitrogens with one attached hydrogen (secondary N) is 1. The topological polar surface area (TPSA) is 54.7 Å². The fourth-order valence-electron chi connectivity index (χ4n) is 2.71. The van der Waals surface area contributed by atoms with E-state index >= 15 is 0 Å². The van der Waals surface area contributed by atoms with E-state index in [9.17, 15) is 4.79 Å². The Morgan fingerprint density at radius 1 is 1.22 bits per heavy atom. The molecule has 1 saturated heterocycles. The monoisotopic (exact) mass is 378 g/mol. The molecule has 2 aromatic rings. The molecular weight excluding hydrogens is 360 g/mol. The Morgan fingerprint density at radius 3 is 2.70 bits per heavy atom. The van der Waals surface area contributed by atoms with Crippen LogP contribution >= 0.6 is 15.9 Å². The van der Waals surface area contributed by atoms with E-state index < -0.39 is 0 Å². The zero-order chi connectivity index (χ0) is 16.1. The van der Waals surface area contributed by atoms with Gasteiger partial charge in [0.2, 0.25) is 0 Å². The molecule has 0 saturated carbocycles. The van der Waals surface area contributed by atoms with Crippen LogP contribution in [-0.2, 0) is 4.74 Å². The van der Waals surface area contributed by atoms with E-state index in [-0.39, 0.29) is 11.9 Å². The van der Waals surface area contributed by atoms with Gasteiger partial charge in [-0.05, 0) is 40.2 Å². The van der Waals surface area contributed by atoms with Crippen LogP contribution in [0.5, 0.6) is 0 Å². The molecule has 6 heteroatoms. The Kier molecular flexibility index (Phi) is 5.48. The van der Waals surface area contributed by atoms with Gasteiger partial charge in [0.15, 0.2) is 0 Å². The number of rotatable bonds is 5. The molecule has 23 heavy (non-hydrogen) atoms. The highest BCUT2D eigenvalue weighted by atomic mass is 79.9. The first-order chi connectivity index (χ1) is 11.3. The van der Waals surface area contributed by atoms with Gasteiger partial charge in [-0.1, -0.05) is 12.1 Å². The number of benzene rings is 1. The molecule has 0 bridgehead atoms. The van der Waals surface area contributed by atoms with Gasteiger partial charge < -0.3 is 14.5 Å². The van der Waals surface area contributed by atoms with Crippen LogP contribution in [0.2, 0.25) is 0 Å². The minimum atomic E-state index is -0.0951. The molecule has 1 aliphatic heterocycles. The summed E-state index contributed by atoms with van der Waals surface area (Å²) in [6.45, 7) is 3.56. The molecule has 122 valence electrons. The lowest BCUT2D eigenvalue weighted by molar-refractivity contribution is 0.0118. The van der Waals surface area contributed by atoms with Crippen LogP contribution in [-0.4, -0.2) is 43.7 Å². The average Bonchev–Trinajstić information content (AvgIpc) is 3.10. The van der Waals surface area contributed by atoms with Crippen LogP contribution in [0.25, 0.3) is 0 Å². The van der Waals surface area contributed by atoms with Gasteiger partial charge >= 0.3 is 0 Å². The summed E-state index contributed by atoms with van der Waals surface area (Å²) in [5.74, 6) is 0.765. The Balaban J connectivity index is 1.69. The molecule has 1 aliphatic rings. The smallest absolute Gasteiger partial charge is 0.252 e. The summed E-state index contributed by atoms with van der Waals surface area (Å²) in [7, 11) is 0. The lowest BCUT2D eigenvalue weighted by Crippen LogP contribution is -2.43. The predicted molar refractivity (Wildman–Crippen MR) is 90.3 cm³/mol. The molecule has 0 spiro atoms. The van der Waals surface area contributed by atoms with Gasteiger partial charge in [-0.3, -0.25) is 9.69 Å². The molecule has 0 unspecified atom stereocenters. The van der Waals surface area contributed by atoms with E-state index in [4.69, 9.17) is 9.15 Å². The third-order valence-corrected chi connectivity index (χ3v) is 4.62. The Bertz CT molecular complexity index is 639. The molecule has 0 radical (unpaired) electrons. The predicted octanol–water partition coefficient (Wildman–Crippen LogP) is 2.85. The van der Waals surface area contributed by atoms with Crippen molar-refractivity contribution >= 4 is 21.8 Å². The van der Waals surface area contributed by atoms with Crippen molar-refractivity contribution in [2.45, 2.75) is 6.04 Å². The lowest BCUT2D eigenvalue weighted by Gasteiger charge is -2.33. The summed E-state index contributed by atoms with van der Waals surface area (Å²) in [5.41, 5.74) is 0.632. The quantitative estimate of drug-likeness (QED) is 0.868. The van der Waals surface area contributed by atoms with E-state index in [1.807, 2.05) is 30.3 Å². The largest absolute Gasteiger partial charge is 0.468 e. The molecule has 1 fully saturated rings. The van der Waals surface area contributed by atoms with Crippen LogP contribution in [0.1, 0.15) is 22.2 Å². The maximum Gasteiger partial charge on any atom is 0.252 e. The summed E-state index contributed by atoms with van der Waals surface area (Å²) in [4.78, 5) is 14.7. The number of hydrogen-bond donors (Lipinski definition) is 1. The number of halogens is 1. The van der Waals surface area contributed by atoms with Crippen LogP contribution in [0.4, 0.5) is 0 Å². The summed E-state index contributed by atoms with van der Waals surface area (Å²) in [6.07, 6.45) is 1.67. The molecule has 0 aliphatic carbocycles. The van der Waals surface area contributed by atoms with Crippen molar-refractivity contribution < 1.29 is 13.9 Å². The Hall–Kier alpha value is -1.63. The summed E-state index contributed by atoms with van der Waals surface area (Å²) in [5, 5.41) is 3.01. The van der Waals surface area contributed by atoms with Crippen LogP contribution in [0.3, 0.4) is 0 Å². The summed E-state index contributed by atoms with van der Waals surface area (Å²) >= 11 is 3.41. The van der Waals surface area contributed by atoms with Gasteiger partial charge in [0.25, 0.3) is 5.91 Å². The maximum atomic E-state index is 12.4. The molecule has 1 atom stereocenters. The number of amides is 1. The van der Waals surface area contributed by atoms with Gasteiger partial charge in [-0.2, -0.15) is 0 Å². The summed E-state index contributed by atoms with van der Waals surface area (Å²) in [6, 6.07) is 11.2. The van der Waals surface area contributed by atoms with E-state index in [2.05, 4.69) is 26.1 Å². The second-order valence-electron chi connectivity index (χ2n) is 5.37. The van der Waals surface area contributed by atoms with E-state index in [0.717, 1.165) is 23.3 Å². The minimum absolute atomic E-state index is 0.0142. The Labute approximate surface area is 143 Å². The molecule has 3 rings (SSSR count). The zero-order valence-corrected chi connectivity index (χ0v) is 14.3. The fraction of sp³-hybridized carbons (Fsp3) is 0.353. The second-order valence-corrected chi connectivity index (χ2v) is 6.22. The number of carbonyl (C=O) groups is 1. The first-order valence-corrected chi connectivity index (χ1v) is 8.43. The number of carbonyl (C=O) groups excluding carboxylic acids is 1. The maximum absolute atomic E-state index is 12.4. The van der Waals surface area contributed by atoms with Crippen LogP contribution in [0.15, 0.2) is 51.6 Å². The number of nitrogens with zero attached hydrogens (tertiary/aromatic N) is 1. The summed E-state index contributed by atoms with van der Waals surface area (Å²) < 4.78 is 11.8. The molecule has 2 heterocycles. The standard InChI is InChI=1S/C17H19BrN2O3/c18-14-5-2-1-4-13(14)17(21)19-12-15(16-6-3-9-23-16)20-7-10-22-11-8-20/h1-6,9,15H,7-8,10-12H2,(H,19,21)/t15-/m1/s1. The highest BCUT2D eigenvalue weighted by Crippen LogP contribution is 2.22. The van der Waals surface area contributed by atoms with Crippen LogP contribution in [0, 0.1) is 0 Å². The van der Waals surface area contributed by atoms with E-state index in [1.54, 1.807) is 12.3 Å². The molecule has 1 aromatic heterocycles. The van der Waals surface area contributed by atoms with Crippen molar-refractivity contribution in [3.8, 4) is 0 Å². The van der Waals surface area contributed by atoms with Gasteiger partial charge in [0.05, 0.1) is 31.1 Å².